The molecule has 0 bridgehead atoms. The zero-order valence-corrected chi connectivity index (χ0v) is 7.27. The van der Waals surface area contributed by atoms with E-state index in [1.165, 1.54) is 0 Å². The highest BCUT2D eigenvalue weighted by Crippen LogP contribution is 2.42. The van der Waals surface area contributed by atoms with Gasteiger partial charge in [-0.3, -0.25) is 4.99 Å². The predicted octanol–water partition coefficient (Wildman–Crippen LogP) is 0.330. The van der Waals surface area contributed by atoms with Gasteiger partial charge in [0, 0.05) is 5.25 Å². The van der Waals surface area contributed by atoms with Gasteiger partial charge in [-0.05, 0) is 19.8 Å². The average Bonchev–Trinajstić information content (AvgIpc) is 2.35. The first kappa shape index (κ1) is 7.43. The van der Waals surface area contributed by atoms with Crippen LogP contribution in [-0.4, -0.2) is 27.2 Å². The molecule has 2 aliphatic rings. The lowest BCUT2D eigenvalue weighted by molar-refractivity contribution is 0.0538. The van der Waals surface area contributed by atoms with Crippen molar-refractivity contribution in [1.29, 1.82) is 0 Å². The van der Waals surface area contributed by atoms with Crippen molar-refractivity contribution in [3.05, 3.63) is 0 Å². The van der Waals surface area contributed by atoms with E-state index < -0.39 is 5.60 Å². The number of hydrogen-bond donors (Lipinski definition) is 2. The molecule has 11 heavy (non-hydrogen) atoms. The largest absolute Gasteiger partial charge is 0.388 e. The molecule has 2 rings (SSSR count). The van der Waals surface area contributed by atoms with Crippen LogP contribution in [0.2, 0.25) is 0 Å². The summed E-state index contributed by atoms with van der Waals surface area (Å²) in [5, 5.41) is 10.9. The molecule has 3 atom stereocenters. The third kappa shape index (κ3) is 1.05. The fourth-order valence-electron chi connectivity index (χ4n) is 1.81. The van der Waals surface area contributed by atoms with E-state index in [9.17, 15) is 5.11 Å². The normalized spacial score (nSPS) is 49.1. The van der Waals surface area contributed by atoms with Crippen molar-refractivity contribution in [3.8, 4) is 0 Å². The van der Waals surface area contributed by atoms with Gasteiger partial charge in [-0.1, -0.05) is 11.8 Å². The molecule has 3 unspecified atom stereocenters. The van der Waals surface area contributed by atoms with Crippen molar-refractivity contribution in [2.45, 2.75) is 36.7 Å². The number of rotatable bonds is 0. The molecule has 0 aromatic heterocycles. The number of nitrogens with two attached hydrogens (primary N) is 1. The number of thioether (sulfide) groups is 1. The van der Waals surface area contributed by atoms with Crippen LogP contribution < -0.4 is 5.73 Å². The van der Waals surface area contributed by atoms with Crippen molar-refractivity contribution in [2.75, 3.05) is 0 Å². The standard InChI is InChI=1S/C7H12N2OS/c1-7(10)3-2-4-5(7)9-6(8)11-4/h4-5,10H,2-3H2,1H3,(H2,8,9). The Kier molecular flexibility index (Phi) is 1.44. The van der Waals surface area contributed by atoms with E-state index in [2.05, 4.69) is 4.99 Å². The minimum Gasteiger partial charge on any atom is -0.388 e. The summed E-state index contributed by atoms with van der Waals surface area (Å²) in [6, 6.07) is 0.0486. The number of aliphatic hydroxyl groups is 1. The van der Waals surface area contributed by atoms with E-state index in [0.717, 1.165) is 12.8 Å². The molecular weight excluding hydrogens is 160 g/mol. The van der Waals surface area contributed by atoms with Gasteiger partial charge in [0.1, 0.15) is 0 Å². The van der Waals surface area contributed by atoms with Gasteiger partial charge >= 0.3 is 0 Å². The van der Waals surface area contributed by atoms with Gasteiger partial charge in [0.25, 0.3) is 0 Å². The second-order valence-electron chi connectivity index (χ2n) is 3.46. The Balaban J connectivity index is 2.24. The number of nitrogens with zero attached hydrogens (tertiary/aromatic N) is 1. The molecule has 0 spiro atoms. The third-order valence-electron chi connectivity index (χ3n) is 2.46. The van der Waals surface area contributed by atoms with Crippen LogP contribution in [0.25, 0.3) is 0 Å². The minimum absolute atomic E-state index is 0.0486. The molecule has 62 valence electrons. The molecule has 0 radical (unpaired) electrons. The van der Waals surface area contributed by atoms with E-state index >= 15 is 0 Å². The molecule has 1 fully saturated rings. The summed E-state index contributed by atoms with van der Waals surface area (Å²) in [6.07, 6.45) is 1.89. The van der Waals surface area contributed by atoms with Gasteiger partial charge in [0.05, 0.1) is 11.6 Å². The van der Waals surface area contributed by atoms with Crippen molar-refractivity contribution in [3.63, 3.8) is 0 Å². The molecule has 0 aromatic carbocycles. The van der Waals surface area contributed by atoms with Crippen LogP contribution in [0, 0.1) is 0 Å². The monoisotopic (exact) mass is 172 g/mol. The molecule has 3 nitrogen and oxygen atoms in total. The third-order valence-corrected chi connectivity index (χ3v) is 3.61. The summed E-state index contributed by atoms with van der Waals surface area (Å²) in [6.45, 7) is 1.85. The molecule has 1 heterocycles. The Morgan fingerprint density at radius 3 is 3.18 bits per heavy atom. The average molecular weight is 172 g/mol. The molecule has 1 aliphatic heterocycles. The highest BCUT2D eigenvalue weighted by Gasteiger charge is 2.47. The molecule has 1 saturated carbocycles. The van der Waals surface area contributed by atoms with Crippen LogP contribution in [0.3, 0.4) is 0 Å². The van der Waals surface area contributed by atoms with Gasteiger partial charge in [-0.2, -0.15) is 0 Å². The van der Waals surface area contributed by atoms with Crippen molar-refractivity contribution in [1.82, 2.24) is 0 Å². The molecule has 0 saturated heterocycles. The summed E-state index contributed by atoms with van der Waals surface area (Å²) in [5.41, 5.74) is 4.94. The summed E-state index contributed by atoms with van der Waals surface area (Å²) >= 11 is 1.61. The van der Waals surface area contributed by atoms with Gasteiger partial charge in [-0.25, -0.2) is 0 Å². The molecular formula is C7H12N2OS. The van der Waals surface area contributed by atoms with Crippen LogP contribution in [0.5, 0.6) is 0 Å². The number of amidine groups is 1. The SMILES string of the molecule is CC1(O)CCC2SC(N)=NC21. The Morgan fingerprint density at radius 1 is 1.82 bits per heavy atom. The van der Waals surface area contributed by atoms with Crippen molar-refractivity contribution < 1.29 is 5.11 Å². The zero-order valence-electron chi connectivity index (χ0n) is 6.45. The first-order valence-corrected chi connectivity index (χ1v) is 4.70. The Hall–Kier alpha value is -0.220. The zero-order chi connectivity index (χ0) is 8.06. The Labute approximate surface area is 70.1 Å². The van der Waals surface area contributed by atoms with Crippen LogP contribution in [0.4, 0.5) is 0 Å². The van der Waals surface area contributed by atoms with Gasteiger partial charge in [0.15, 0.2) is 5.17 Å². The molecule has 1 aliphatic carbocycles. The minimum atomic E-state index is -0.612. The second kappa shape index (κ2) is 2.14. The maximum Gasteiger partial charge on any atom is 0.154 e. The molecule has 3 N–H and O–H groups in total. The van der Waals surface area contributed by atoms with E-state index in [4.69, 9.17) is 5.73 Å². The number of aliphatic imine (C=N–C) groups is 1. The smallest absolute Gasteiger partial charge is 0.154 e. The van der Waals surface area contributed by atoms with Gasteiger partial charge in [-0.15, -0.1) is 0 Å². The lowest BCUT2D eigenvalue weighted by atomic mass is 10.0. The van der Waals surface area contributed by atoms with Crippen LogP contribution in [0.15, 0.2) is 4.99 Å². The summed E-state index contributed by atoms with van der Waals surface area (Å²) in [5.74, 6) is 0. The fourth-order valence-corrected chi connectivity index (χ4v) is 3.01. The van der Waals surface area contributed by atoms with Crippen LogP contribution in [-0.2, 0) is 0 Å². The summed E-state index contributed by atoms with van der Waals surface area (Å²) in [7, 11) is 0. The quantitative estimate of drug-likeness (QED) is 0.553. The maximum absolute atomic E-state index is 9.81. The highest BCUT2D eigenvalue weighted by atomic mass is 32.2. The Bertz CT molecular complexity index is 214. The number of hydrogen-bond acceptors (Lipinski definition) is 4. The Morgan fingerprint density at radius 2 is 2.55 bits per heavy atom. The lowest BCUT2D eigenvalue weighted by Crippen LogP contribution is -2.34. The van der Waals surface area contributed by atoms with Crippen LogP contribution in [0.1, 0.15) is 19.8 Å². The van der Waals surface area contributed by atoms with E-state index in [1.54, 1.807) is 11.8 Å². The van der Waals surface area contributed by atoms with E-state index in [1.807, 2.05) is 6.92 Å². The molecule has 0 aromatic rings. The topological polar surface area (TPSA) is 58.6 Å². The highest BCUT2D eigenvalue weighted by molar-refractivity contribution is 8.14. The first-order chi connectivity index (χ1) is 5.09. The second-order valence-corrected chi connectivity index (χ2v) is 4.72. The summed E-state index contributed by atoms with van der Waals surface area (Å²) in [4.78, 5) is 4.21. The predicted molar refractivity (Wildman–Crippen MR) is 46.6 cm³/mol. The molecule has 4 heteroatoms. The molecule has 0 amide bonds. The van der Waals surface area contributed by atoms with E-state index in [0.29, 0.717) is 10.4 Å². The fraction of sp³-hybridized carbons (Fsp3) is 0.857. The van der Waals surface area contributed by atoms with Gasteiger partial charge in [0.2, 0.25) is 0 Å². The van der Waals surface area contributed by atoms with Crippen LogP contribution >= 0.6 is 11.8 Å². The first-order valence-electron chi connectivity index (χ1n) is 3.82. The summed E-state index contributed by atoms with van der Waals surface area (Å²) < 4.78 is 0. The lowest BCUT2D eigenvalue weighted by Gasteiger charge is -2.21. The van der Waals surface area contributed by atoms with E-state index in [-0.39, 0.29) is 6.04 Å². The van der Waals surface area contributed by atoms with Crippen molar-refractivity contribution >= 4 is 16.9 Å². The van der Waals surface area contributed by atoms with Crippen molar-refractivity contribution in [2.24, 2.45) is 10.7 Å². The number of fused-ring (bicyclic) bond motifs is 1. The maximum atomic E-state index is 9.81. The van der Waals surface area contributed by atoms with Gasteiger partial charge < -0.3 is 10.8 Å².